The molecule has 0 atom stereocenters. The lowest BCUT2D eigenvalue weighted by atomic mass is 10.1. The highest BCUT2D eigenvalue weighted by molar-refractivity contribution is 9.10. The van der Waals surface area contributed by atoms with Gasteiger partial charge in [-0.15, -0.1) is 0 Å². The number of anilines is 1. The molecule has 0 spiro atoms. The van der Waals surface area contributed by atoms with Crippen LogP contribution >= 0.6 is 27.5 Å². The van der Waals surface area contributed by atoms with Crippen LogP contribution in [0.2, 0.25) is 5.02 Å². The summed E-state index contributed by atoms with van der Waals surface area (Å²) >= 11 is 9.69. The predicted molar refractivity (Wildman–Crippen MR) is 120 cm³/mol. The first-order valence-corrected chi connectivity index (χ1v) is 10.3. The molecule has 0 aromatic heterocycles. The smallest absolute Gasteiger partial charge is 0.162 e. The van der Waals surface area contributed by atoms with Crippen LogP contribution in [0.1, 0.15) is 22.3 Å². The Kier molecular flexibility index (Phi) is 7.04. The van der Waals surface area contributed by atoms with Gasteiger partial charge in [-0.05, 0) is 66.9 Å². The molecule has 0 radical (unpaired) electrons. The molecule has 3 nitrogen and oxygen atoms in total. The fraction of sp³-hybridized carbons (Fsp3) is 0.217. The Morgan fingerprint density at radius 1 is 0.966 bits per heavy atom. The lowest BCUT2D eigenvalue weighted by Crippen LogP contribution is -2.03. The monoisotopic (exact) mass is 477 g/mol. The number of benzene rings is 3. The molecule has 3 aromatic carbocycles. The Morgan fingerprint density at radius 3 is 2.45 bits per heavy atom. The third-order valence-electron chi connectivity index (χ3n) is 4.72. The second kappa shape index (κ2) is 9.51. The number of rotatable bonds is 7. The van der Waals surface area contributed by atoms with Crippen LogP contribution in [0.3, 0.4) is 0 Å². The van der Waals surface area contributed by atoms with Gasteiger partial charge in [-0.1, -0.05) is 39.7 Å². The van der Waals surface area contributed by atoms with E-state index in [2.05, 4.69) is 53.3 Å². The molecule has 0 bridgehead atoms. The van der Waals surface area contributed by atoms with Gasteiger partial charge in [-0.2, -0.15) is 0 Å². The molecular weight excluding hydrogens is 457 g/mol. The third kappa shape index (κ3) is 5.43. The Morgan fingerprint density at radius 2 is 1.76 bits per heavy atom. The number of halogens is 3. The molecule has 0 aliphatic carbocycles. The summed E-state index contributed by atoms with van der Waals surface area (Å²) in [4.78, 5) is 0. The van der Waals surface area contributed by atoms with Crippen molar-refractivity contribution in [2.75, 3.05) is 12.4 Å². The molecule has 0 aliphatic rings. The molecule has 3 rings (SSSR count). The molecule has 6 heteroatoms. The second-order valence-electron chi connectivity index (χ2n) is 6.77. The van der Waals surface area contributed by atoms with Crippen molar-refractivity contribution in [1.82, 2.24) is 0 Å². The quantitative estimate of drug-likeness (QED) is 0.394. The zero-order chi connectivity index (χ0) is 21.0. The summed E-state index contributed by atoms with van der Waals surface area (Å²) in [6, 6.07) is 14.3. The van der Waals surface area contributed by atoms with Gasteiger partial charge < -0.3 is 14.8 Å². The molecule has 1 N–H and O–H groups in total. The first kappa shape index (κ1) is 21.5. The summed E-state index contributed by atoms with van der Waals surface area (Å²) in [7, 11) is 1.60. The summed E-state index contributed by atoms with van der Waals surface area (Å²) in [6.07, 6.45) is 0. The molecule has 152 valence electrons. The van der Waals surface area contributed by atoms with Crippen molar-refractivity contribution in [2.24, 2.45) is 0 Å². The number of ether oxygens (including phenoxy) is 2. The van der Waals surface area contributed by atoms with Crippen molar-refractivity contribution >= 4 is 33.2 Å². The van der Waals surface area contributed by atoms with Gasteiger partial charge >= 0.3 is 0 Å². The van der Waals surface area contributed by atoms with E-state index in [-0.39, 0.29) is 12.4 Å². The Labute approximate surface area is 183 Å². The standard InChI is InChI=1S/C23H22BrClFNO2/c1-14-4-7-19(8-15(14)2)27-12-17-9-22(28-3)23(11-20(17)24)29-13-16-5-6-18(26)10-21(16)25/h4-11,27H,12-13H2,1-3H3. The fourth-order valence-corrected chi connectivity index (χ4v) is 3.51. The number of hydrogen-bond acceptors (Lipinski definition) is 3. The second-order valence-corrected chi connectivity index (χ2v) is 8.03. The molecule has 0 heterocycles. The zero-order valence-electron chi connectivity index (χ0n) is 16.5. The van der Waals surface area contributed by atoms with Crippen LogP contribution in [-0.2, 0) is 13.2 Å². The molecule has 29 heavy (non-hydrogen) atoms. The lowest BCUT2D eigenvalue weighted by Gasteiger charge is -2.15. The van der Waals surface area contributed by atoms with Crippen LogP contribution in [0.25, 0.3) is 0 Å². The Bertz CT molecular complexity index is 1030. The highest BCUT2D eigenvalue weighted by Gasteiger charge is 2.12. The van der Waals surface area contributed by atoms with E-state index in [4.69, 9.17) is 21.1 Å². The number of aryl methyl sites for hydroxylation is 2. The van der Waals surface area contributed by atoms with E-state index in [0.717, 1.165) is 15.7 Å². The average Bonchev–Trinajstić information content (AvgIpc) is 2.69. The molecule has 0 amide bonds. The maximum atomic E-state index is 13.2. The third-order valence-corrected chi connectivity index (χ3v) is 5.81. The van der Waals surface area contributed by atoms with E-state index in [0.29, 0.717) is 28.6 Å². The van der Waals surface area contributed by atoms with Crippen molar-refractivity contribution in [3.8, 4) is 11.5 Å². The minimum atomic E-state index is -0.375. The van der Waals surface area contributed by atoms with Gasteiger partial charge in [0.05, 0.1) is 12.1 Å². The zero-order valence-corrected chi connectivity index (χ0v) is 18.8. The van der Waals surface area contributed by atoms with Crippen LogP contribution in [0.5, 0.6) is 11.5 Å². The number of hydrogen-bond donors (Lipinski definition) is 1. The summed E-state index contributed by atoms with van der Waals surface area (Å²) < 4.78 is 25.5. The molecule has 0 saturated heterocycles. The van der Waals surface area contributed by atoms with E-state index in [9.17, 15) is 4.39 Å². The summed E-state index contributed by atoms with van der Waals surface area (Å²) in [5.74, 6) is 0.817. The fourth-order valence-electron chi connectivity index (χ4n) is 2.83. The predicted octanol–water partition coefficient (Wildman–Crippen LogP) is 7.06. The molecule has 0 aliphatic heterocycles. The first-order valence-electron chi connectivity index (χ1n) is 9.11. The molecular formula is C23H22BrClFNO2. The van der Waals surface area contributed by atoms with Gasteiger partial charge in [0, 0.05) is 22.3 Å². The van der Waals surface area contributed by atoms with Gasteiger partial charge in [0.1, 0.15) is 12.4 Å². The largest absolute Gasteiger partial charge is 0.493 e. The van der Waals surface area contributed by atoms with Gasteiger partial charge in [0.25, 0.3) is 0 Å². The average molecular weight is 479 g/mol. The van der Waals surface area contributed by atoms with Gasteiger partial charge in [-0.25, -0.2) is 4.39 Å². The minimum absolute atomic E-state index is 0.210. The molecule has 0 unspecified atom stereocenters. The van der Waals surface area contributed by atoms with E-state index in [1.165, 1.54) is 23.3 Å². The molecule has 0 saturated carbocycles. The van der Waals surface area contributed by atoms with Crippen LogP contribution in [-0.4, -0.2) is 7.11 Å². The highest BCUT2D eigenvalue weighted by Crippen LogP contribution is 2.35. The van der Waals surface area contributed by atoms with E-state index in [1.807, 2.05) is 12.1 Å². The van der Waals surface area contributed by atoms with Gasteiger partial charge in [0.2, 0.25) is 0 Å². The van der Waals surface area contributed by atoms with Crippen molar-refractivity contribution in [2.45, 2.75) is 27.0 Å². The van der Waals surface area contributed by atoms with Crippen LogP contribution < -0.4 is 14.8 Å². The van der Waals surface area contributed by atoms with Crippen molar-refractivity contribution in [1.29, 1.82) is 0 Å². The van der Waals surface area contributed by atoms with Crippen LogP contribution in [0.15, 0.2) is 53.0 Å². The van der Waals surface area contributed by atoms with Crippen LogP contribution in [0.4, 0.5) is 10.1 Å². The lowest BCUT2D eigenvalue weighted by molar-refractivity contribution is 0.284. The molecule has 3 aromatic rings. The normalized spacial score (nSPS) is 10.7. The Balaban J connectivity index is 1.73. The van der Waals surface area contributed by atoms with Crippen molar-refractivity contribution < 1.29 is 13.9 Å². The topological polar surface area (TPSA) is 30.5 Å². The first-order chi connectivity index (χ1) is 13.9. The highest BCUT2D eigenvalue weighted by atomic mass is 79.9. The van der Waals surface area contributed by atoms with Gasteiger partial charge in [0.15, 0.2) is 11.5 Å². The maximum absolute atomic E-state index is 13.2. The molecule has 0 fully saturated rings. The summed E-state index contributed by atoms with van der Waals surface area (Å²) in [5.41, 5.74) is 5.31. The summed E-state index contributed by atoms with van der Waals surface area (Å²) in [5, 5.41) is 3.76. The summed E-state index contributed by atoms with van der Waals surface area (Å²) in [6.45, 7) is 5.03. The number of nitrogens with one attached hydrogen (secondary N) is 1. The van der Waals surface area contributed by atoms with E-state index in [1.54, 1.807) is 13.2 Å². The SMILES string of the molecule is COc1cc(CNc2ccc(C)c(C)c2)c(Br)cc1OCc1ccc(F)cc1Cl. The number of methoxy groups -OCH3 is 1. The maximum Gasteiger partial charge on any atom is 0.162 e. The van der Waals surface area contributed by atoms with E-state index < -0.39 is 0 Å². The Hall–Kier alpha value is -2.24. The van der Waals surface area contributed by atoms with E-state index >= 15 is 0 Å². The minimum Gasteiger partial charge on any atom is -0.493 e. The van der Waals surface area contributed by atoms with Gasteiger partial charge in [-0.3, -0.25) is 0 Å². The van der Waals surface area contributed by atoms with Crippen molar-refractivity contribution in [3.63, 3.8) is 0 Å². The van der Waals surface area contributed by atoms with Crippen molar-refractivity contribution in [3.05, 3.63) is 86.1 Å². The van der Waals surface area contributed by atoms with Crippen LogP contribution in [0, 0.1) is 19.7 Å².